The molecule has 3 aromatic heterocycles. The molecule has 33 heavy (non-hydrogen) atoms. The normalized spacial score (nSPS) is 11.4. The van der Waals surface area contributed by atoms with Crippen LogP contribution in [0.3, 0.4) is 0 Å². The average Bonchev–Trinajstić information content (AvgIpc) is 3.34. The molecule has 0 aliphatic carbocycles. The van der Waals surface area contributed by atoms with Crippen molar-refractivity contribution in [3.63, 3.8) is 0 Å². The van der Waals surface area contributed by atoms with Crippen molar-refractivity contribution in [2.75, 3.05) is 20.5 Å². The third kappa shape index (κ3) is 4.96. The van der Waals surface area contributed by atoms with Gasteiger partial charge in [-0.25, -0.2) is 18.4 Å². The second kappa shape index (κ2) is 9.16. The van der Waals surface area contributed by atoms with Crippen molar-refractivity contribution < 1.29 is 17.9 Å². The van der Waals surface area contributed by atoms with Crippen molar-refractivity contribution in [3.05, 3.63) is 76.0 Å². The zero-order valence-electron chi connectivity index (χ0n) is 18.2. The number of hydrogen-bond donors (Lipinski definition) is 0. The van der Waals surface area contributed by atoms with Crippen molar-refractivity contribution in [3.8, 4) is 33.3 Å². The molecule has 0 aliphatic rings. The Kier molecular flexibility index (Phi) is 6.30. The summed E-state index contributed by atoms with van der Waals surface area (Å²) in [6.07, 6.45) is 2.73. The Hall–Kier alpha value is -3.50. The lowest BCUT2D eigenvalue weighted by atomic mass is 10.1. The lowest BCUT2D eigenvalue weighted by molar-refractivity contribution is 0.354. The highest BCUT2D eigenvalue weighted by molar-refractivity contribution is 7.90. The standard InChI is InChI=1S/C23H21N3O5S2/c1-30-19-8-6-15(11-20(19)31-2)13-26-14-16(7-9-22(26)27)17-12-18(21-5-4-10-32-21)25-23(24-17)33(3,28)29/h4-12,14H,13H2,1-3H3. The van der Waals surface area contributed by atoms with Gasteiger partial charge in [-0.2, -0.15) is 0 Å². The third-order valence-corrected chi connectivity index (χ3v) is 6.63. The van der Waals surface area contributed by atoms with Crippen molar-refractivity contribution in [2.24, 2.45) is 0 Å². The number of methoxy groups -OCH3 is 2. The molecule has 0 radical (unpaired) electrons. The summed E-state index contributed by atoms with van der Waals surface area (Å²) in [7, 11) is -0.532. The molecule has 4 aromatic rings. The summed E-state index contributed by atoms with van der Waals surface area (Å²) in [6.45, 7) is 0.287. The summed E-state index contributed by atoms with van der Waals surface area (Å²) in [6, 6.07) is 13.9. The van der Waals surface area contributed by atoms with E-state index >= 15 is 0 Å². The molecule has 0 saturated carbocycles. The van der Waals surface area contributed by atoms with Crippen LogP contribution in [-0.2, 0) is 16.4 Å². The van der Waals surface area contributed by atoms with Gasteiger partial charge in [0.05, 0.1) is 37.0 Å². The van der Waals surface area contributed by atoms with Gasteiger partial charge in [-0.3, -0.25) is 4.79 Å². The number of aromatic nitrogens is 3. The first-order valence-corrected chi connectivity index (χ1v) is 12.6. The SMILES string of the molecule is COc1ccc(Cn2cc(-c3cc(-c4cccs4)nc(S(C)(=O)=O)n3)ccc2=O)cc1OC. The van der Waals surface area contributed by atoms with Gasteiger partial charge < -0.3 is 14.0 Å². The molecule has 10 heteroatoms. The van der Waals surface area contributed by atoms with Gasteiger partial charge in [0.2, 0.25) is 15.0 Å². The van der Waals surface area contributed by atoms with Crippen LogP contribution in [-0.4, -0.2) is 43.4 Å². The molecule has 0 unspecified atom stereocenters. The Morgan fingerprint density at radius 1 is 0.970 bits per heavy atom. The quantitative estimate of drug-likeness (QED) is 0.371. The summed E-state index contributed by atoms with van der Waals surface area (Å²) in [5.74, 6) is 1.16. The molecular formula is C23H21N3O5S2. The summed E-state index contributed by atoms with van der Waals surface area (Å²) in [5, 5.41) is 1.63. The van der Waals surface area contributed by atoms with Gasteiger partial charge in [-0.1, -0.05) is 12.1 Å². The predicted octanol–water partition coefficient (Wildman–Crippen LogP) is 3.50. The van der Waals surface area contributed by atoms with Crippen LogP contribution >= 0.6 is 11.3 Å². The average molecular weight is 484 g/mol. The van der Waals surface area contributed by atoms with Gasteiger partial charge in [-0.15, -0.1) is 11.3 Å². The Bertz CT molecular complexity index is 1460. The molecule has 0 spiro atoms. The van der Waals surface area contributed by atoms with E-state index in [1.165, 1.54) is 22.0 Å². The summed E-state index contributed by atoms with van der Waals surface area (Å²) < 4.78 is 36.6. The van der Waals surface area contributed by atoms with E-state index < -0.39 is 9.84 Å². The fraction of sp³-hybridized carbons (Fsp3) is 0.174. The van der Waals surface area contributed by atoms with E-state index in [9.17, 15) is 13.2 Å². The van der Waals surface area contributed by atoms with Gasteiger partial charge in [0.15, 0.2) is 11.5 Å². The number of ether oxygens (including phenoxy) is 2. The molecular weight excluding hydrogens is 462 g/mol. The second-order valence-corrected chi connectivity index (χ2v) is 10.1. The summed E-state index contributed by atoms with van der Waals surface area (Å²) in [4.78, 5) is 21.9. The summed E-state index contributed by atoms with van der Waals surface area (Å²) in [5.41, 5.74) is 2.15. The number of rotatable bonds is 7. The molecule has 170 valence electrons. The highest BCUT2D eigenvalue weighted by Crippen LogP contribution is 2.29. The van der Waals surface area contributed by atoms with Gasteiger partial charge in [0, 0.05) is 24.1 Å². The number of hydrogen-bond acceptors (Lipinski definition) is 8. The van der Waals surface area contributed by atoms with Crippen LogP contribution in [0.5, 0.6) is 11.5 Å². The van der Waals surface area contributed by atoms with Crippen LogP contribution in [0.1, 0.15) is 5.56 Å². The molecule has 0 saturated heterocycles. The van der Waals surface area contributed by atoms with Crippen molar-refractivity contribution in [2.45, 2.75) is 11.7 Å². The van der Waals surface area contributed by atoms with E-state index in [4.69, 9.17) is 9.47 Å². The van der Waals surface area contributed by atoms with Gasteiger partial charge in [0.25, 0.3) is 5.56 Å². The molecule has 0 N–H and O–H groups in total. The number of nitrogens with zero attached hydrogens (tertiary/aromatic N) is 3. The molecule has 0 atom stereocenters. The van der Waals surface area contributed by atoms with E-state index in [0.29, 0.717) is 28.5 Å². The first kappa shape index (κ1) is 22.7. The van der Waals surface area contributed by atoms with Crippen molar-refractivity contribution in [1.82, 2.24) is 14.5 Å². The topological polar surface area (TPSA) is 100 Å². The smallest absolute Gasteiger partial charge is 0.250 e. The molecule has 1 aromatic carbocycles. The molecule has 0 bridgehead atoms. The molecule has 4 rings (SSSR count). The first-order chi connectivity index (χ1) is 15.8. The third-order valence-electron chi connectivity index (χ3n) is 4.89. The van der Waals surface area contributed by atoms with Crippen LogP contribution in [0.25, 0.3) is 21.8 Å². The van der Waals surface area contributed by atoms with Crippen molar-refractivity contribution >= 4 is 21.2 Å². The zero-order chi connectivity index (χ0) is 23.6. The van der Waals surface area contributed by atoms with E-state index in [-0.39, 0.29) is 17.3 Å². The Balaban J connectivity index is 1.78. The largest absolute Gasteiger partial charge is 0.493 e. The van der Waals surface area contributed by atoms with E-state index in [0.717, 1.165) is 16.7 Å². The molecule has 3 heterocycles. The van der Waals surface area contributed by atoms with Crippen LogP contribution in [0.4, 0.5) is 0 Å². The van der Waals surface area contributed by atoms with Crippen LogP contribution in [0.2, 0.25) is 0 Å². The highest BCUT2D eigenvalue weighted by atomic mass is 32.2. The van der Waals surface area contributed by atoms with Gasteiger partial charge in [-0.05, 0) is 41.3 Å². The minimum Gasteiger partial charge on any atom is -0.493 e. The van der Waals surface area contributed by atoms with Gasteiger partial charge in [0.1, 0.15) is 0 Å². The maximum absolute atomic E-state index is 12.5. The number of benzene rings is 1. The second-order valence-electron chi connectivity index (χ2n) is 7.24. The van der Waals surface area contributed by atoms with Crippen LogP contribution in [0, 0.1) is 0 Å². The number of thiophene rings is 1. The maximum atomic E-state index is 12.5. The lowest BCUT2D eigenvalue weighted by Gasteiger charge is -2.12. The zero-order valence-corrected chi connectivity index (χ0v) is 19.8. The predicted molar refractivity (Wildman–Crippen MR) is 127 cm³/mol. The van der Waals surface area contributed by atoms with Gasteiger partial charge >= 0.3 is 0 Å². The minimum absolute atomic E-state index is 0.204. The monoisotopic (exact) mass is 483 g/mol. The number of sulfone groups is 1. The number of pyridine rings is 1. The fourth-order valence-electron chi connectivity index (χ4n) is 3.27. The van der Waals surface area contributed by atoms with E-state index in [1.54, 1.807) is 44.7 Å². The fourth-order valence-corrected chi connectivity index (χ4v) is 4.49. The van der Waals surface area contributed by atoms with Crippen LogP contribution < -0.4 is 15.0 Å². The maximum Gasteiger partial charge on any atom is 0.250 e. The van der Waals surface area contributed by atoms with Crippen molar-refractivity contribution in [1.29, 1.82) is 0 Å². The molecule has 0 aliphatic heterocycles. The lowest BCUT2D eigenvalue weighted by Crippen LogP contribution is -2.19. The molecule has 0 amide bonds. The Labute approximate surface area is 195 Å². The molecule has 8 nitrogen and oxygen atoms in total. The van der Waals surface area contributed by atoms with E-state index in [2.05, 4.69) is 9.97 Å². The first-order valence-electron chi connectivity index (χ1n) is 9.83. The Morgan fingerprint density at radius 2 is 1.73 bits per heavy atom. The highest BCUT2D eigenvalue weighted by Gasteiger charge is 2.17. The van der Waals surface area contributed by atoms with Crippen LogP contribution in [0.15, 0.2) is 70.1 Å². The Morgan fingerprint density at radius 3 is 2.39 bits per heavy atom. The summed E-state index contributed by atoms with van der Waals surface area (Å²) >= 11 is 1.45. The molecule has 0 fully saturated rings. The minimum atomic E-state index is -3.64. The van der Waals surface area contributed by atoms with E-state index in [1.807, 2.05) is 23.6 Å².